The number of rotatable bonds is 5. The van der Waals surface area contributed by atoms with E-state index in [1.54, 1.807) is 18.7 Å². The van der Waals surface area contributed by atoms with E-state index in [2.05, 4.69) is 5.10 Å². The quantitative estimate of drug-likeness (QED) is 0.918. The van der Waals surface area contributed by atoms with Gasteiger partial charge in [0.2, 0.25) is 0 Å². The molecule has 0 saturated carbocycles. The number of hydrogen-bond donors (Lipinski definition) is 1. The molecule has 0 aliphatic rings. The van der Waals surface area contributed by atoms with Crippen molar-refractivity contribution in [3.05, 3.63) is 41.2 Å². The summed E-state index contributed by atoms with van der Waals surface area (Å²) in [4.78, 5) is 11.5. The highest BCUT2D eigenvalue weighted by Crippen LogP contribution is 2.22. The molecule has 0 spiro atoms. The molecule has 5 nitrogen and oxygen atoms in total. The van der Waals surface area contributed by atoms with Crippen LogP contribution >= 0.6 is 0 Å². The lowest BCUT2D eigenvalue weighted by Gasteiger charge is -2.05. The first kappa shape index (κ1) is 15.1. The number of methoxy groups -OCH3 is 1. The molecular weight excluding hydrogens is 268 g/mol. The van der Waals surface area contributed by atoms with E-state index >= 15 is 0 Å². The molecule has 1 aromatic heterocycles. The molecule has 112 valence electrons. The molecule has 0 fully saturated rings. The monoisotopic (exact) mass is 288 g/mol. The van der Waals surface area contributed by atoms with Crippen LogP contribution in [0, 0.1) is 12.8 Å². The summed E-state index contributed by atoms with van der Waals surface area (Å²) in [6.07, 6.45) is 0.644. The van der Waals surface area contributed by atoms with Crippen molar-refractivity contribution in [3.8, 4) is 11.4 Å². The number of benzene rings is 1. The number of aromatic nitrogens is 2. The summed E-state index contributed by atoms with van der Waals surface area (Å²) in [6, 6.07) is 7.39. The second-order valence-electron chi connectivity index (χ2n) is 5.42. The molecule has 21 heavy (non-hydrogen) atoms. The van der Waals surface area contributed by atoms with Crippen LogP contribution in [0.1, 0.15) is 35.6 Å². The average Bonchev–Trinajstić information content (AvgIpc) is 2.75. The molecule has 0 saturated heterocycles. The van der Waals surface area contributed by atoms with E-state index in [-0.39, 0.29) is 0 Å². The fourth-order valence-corrected chi connectivity index (χ4v) is 2.34. The Morgan fingerprint density at radius 3 is 2.43 bits per heavy atom. The van der Waals surface area contributed by atoms with Gasteiger partial charge in [-0.1, -0.05) is 13.8 Å². The summed E-state index contributed by atoms with van der Waals surface area (Å²) in [5.41, 5.74) is 2.40. The molecule has 1 heterocycles. The zero-order chi connectivity index (χ0) is 15.6. The molecule has 0 atom stereocenters. The van der Waals surface area contributed by atoms with Crippen LogP contribution < -0.4 is 4.74 Å². The van der Waals surface area contributed by atoms with Gasteiger partial charge in [-0.2, -0.15) is 5.10 Å². The van der Waals surface area contributed by atoms with Gasteiger partial charge in [-0.3, -0.25) is 0 Å². The molecule has 0 aliphatic carbocycles. The molecule has 0 aliphatic heterocycles. The van der Waals surface area contributed by atoms with Crippen molar-refractivity contribution in [2.45, 2.75) is 27.2 Å². The van der Waals surface area contributed by atoms with Gasteiger partial charge >= 0.3 is 5.97 Å². The number of carboxylic acid groups (broad SMARTS) is 1. The highest BCUT2D eigenvalue weighted by Gasteiger charge is 2.21. The Balaban J connectivity index is 2.50. The highest BCUT2D eigenvalue weighted by molar-refractivity contribution is 5.90. The highest BCUT2D eigenvalue weighted by atomic mass is 16.5. The number of carbonyl (C=O) groups is 1. The second kappa shape index (κ2) is 5.99. The van der Waals surface area contributed by atoms with E-state index in [0.29, 0.717) is 29.3 Å². The minimum Gasteiger partial charge on any atom is -0.497 e. The Morgan fingerprint density at radius 2 is 1.95 bits per heavy atom. The Bertz CT molecular complexity index is 642. The van der Waals surface area contributed by atoms with E-state index in [0.717, 1.165) is 11.4 Å². The van der Waals surface area contributed by atoms with Crippen molar-refractivity contribution in [1.29, 1.82) is 0 Å². The summed E-state index contributed by atoms with van der Waals surface area (Å²) >= 11 is 0. The summed E-state index contributed by atoms with van der Waals surface area (Å²) in [7, 11) is 1.61. The van der Waals surface area contributed by atoms with Crippen molar-refractivity contribution in [1.82, 2.24) is 9.78 Å². The SMILES string of the molecule is COc1ccc(-n2nc(CC(C)C)c(C(=O)O)c2C)cc1. The number of ether oxygens (including phenoxy) is 1. The van der Waals surface area contributed by atoms with E-state index in [1.807, 2.05) is 38.1 Å². The Hall–Kier alpha value is -2.30. The van der Waals surface area contributed by atoms with Gasteiger partial charge in [0.1, 0.15) is 11.3 Å². The third-order valence-corrected chi connectivity index (χ3v) is 3.32. The van der Waals surface area contributed by atoms with Crippen LogP contribution in [-0.2, 0) is 6.42 Å². The zero-order valence-electron chi connectivity index (χ0n) is 12.8. The van der Waals surface area contributed by atoms with Crippen molar-refractivity contribution in [2.75, 3.05) is 7.11 Å². The van der Waals surface area contributed by atoms with Crippen LogP contribution in [0.4, 0.5) is 0 Å². The predicted molar refractivity (Wildman–Crippen MR) is 80.4 cm³/mol. The zero-order valence-corrected chi connectivity index (χ0v) is 12.8. The number of hydrogen-bond acceptors (Lipinski definition) is 3. The van der Waals surface area contributed by atoms with Gasteiger partial charge in [0, 0.05) is 0 Å². The molecule has 0 unspecified atom stereocenters. The lowest BCUT2D eigenvalue weighted by Crippen LogP contribution is -2.04. The van der Waals surface area contributed by atoms with Crippen LogP contribution in [0.15, 0.2) is 24.3 Å². The third-order valence-electron chi connectivity index (χ3n) is 3.32. The Labute approximate surface area is 124 Å². The average molecular weight is 288 g/mol. The van der Waals surface area contributed by atoms with E-state index < -0.39 is 5.97 Å². The molecule has 0 radical (unpaired) electrons. The minimum atomic E-state index is -0.928. The molecule has 0 amide bonds. The van der Waals surface area contributed by atoms with Crippen LogP contribution in [0.5, 0.6) is 5.75 Å². The van der Waals surface area contributed by atoms with Gasteiger partial charge in [0.15, 0.2) is 0 Å². The van der Waals surface area contributed by atoms with E-state index in [9.17, 15) is 9.90 Å². The van der Waals surface area contributed by atoms with Crippen molar-refractivity contribution >= 4 is 5.97 Å². The maximum Gasteiger partial charge on any atom is 0.339 e. The molecule has 0 bridgehead atoms. The van der Waals surface area contributed by atoms with Gasteiger partial charge < -0.3 is 9.84 Å². The van der Waals surface area contributed by atoms with Gasteiger partial charge in [-0.25, -0.2) is 9.48 Å². The number of nitrogens with zero attached hydrogens (tertiary/aromatic N) is 2. The van der Waals surface area contributed by atoms with Crippen molar-refractivity contribution in [2.24, 2.45) is 5.92 Å². The van der Waals surface area contributed by atoms with Gasteiger partial charge in [-0.15, -0.1) is 0 Å². The van der Waals surface area contributed by atoms with Gasteiger partial charge in [0.25, 0.3) is 0 Å². The second-order valence-corrected chi connectivity index (χ2v) is 5.42. The Morgan fingerprint density at radius 1 is 1.33 bits per heavy atom. The predicted octanol–water partition coefficient (Wildman–Crippen LogP) is 3.09. The summed E-state index contributed by atoms with van der Waals surface area (Å²) in [5, 5.41) is 13.9. The smallest absolute Gasteiger partial charge is 0.339 e. The van der Waals surface area contributed by atoms with E-state index in [1.165, 1.54) is 0 Å². The molecule has 2 aromatic rings. The number of aromatic carboxylic acids is 1. The fraction of sp³-hybridized carbons (Fsp3) is 0.375. The Kier molecular flexibility index (Phi) is 4.31. The van der Waals surface area contributed by atoms with Crippen LogP contribution in [-0.4, -0.2) is 28.0 Å². The molecule has 5 heteroatoms. The number of carboxylic acids is 1. The topological polar surface area (TPSA) is 64.4 Å². The van der Waals surface area contributed by atoms with Crippen LogP contribution in [0.3, 0.4) is 0 Å². The lowest BCUT2D eigenvalue weighted by molar-refractivity contribution is 0.0694. The van der Waals surface area contributed by atoms with Crippen molar-refractivity contribution in [3.63, 3.8) is 0 Å². The minimum absolute atomic E-state index is 0.305. The summed E-state index contributed by atoms with van der Waals surface area (Å²) in [5.74, 6) is 0.175. The largest absolute Gasteiger partial charge is 0.497 e. The normalized spacial score (nSPS) is 10.9. The lowest BCUT2D eigenvalue weighted by atomic mass is 10.0. The maximum absolute atomic E-state index is 11.5. The van der Waals surface area contributed by atoms with E-state index in [4.69, 9.17) is 4.74 Å². The van der Waals surface area contributed by atoms with Crippen LogP contribution in [0.2, 0.25) is 0 Å². The molecule has 1 aromatic carbocycles. The molecule has 1 N–H and O–H groups in total. The van der Waals surface area contributed by atoms with Gasteiger partial charge in [0.05, 0.1) is 24.2 Å². The summed E-state index contributed by atoms with van der Waals surface area (Å²) in [6.45, 7) is 5.88. The van der Waals surface area contributed by atoms with Crippen molar-refractivity contribution < 1.29 is 14.6 Å². The molecule has 2 rings (SSSR count). The summed E-state index contributed by atoms with van der Waals surface area (Å²) < 4.78 is 6.81. The van der Waals surface area contributed by atoms with Crippen LogP contribution in [0.25, 0.3) is 5.69 Å². The first-order valence-corrected chi connectivity index (χ1v) is 6.90. The third kappa shape index (κ3) is 3.07. The van der Waals surface area contributed by atoms with Gasteiger partial charge in [-0.05, 0) is 43.5 Å². The first-order valence-electron chi connectivity index (χ1n) is 6.90. The standard InChI is InChI=1S/C16H20N2O3/c1-10(2)9-14-15(16(19)20)11(3)18(17-14)12-5-7-13(21-4)8-6-12/h5-8,10H,9H2,1-4H3,(H,19,20). The fourth-order valence-electron chi connectivity index (χ4n) is 2.34. The first-order chi connectivity index (χ1) is 9.93. The maximum atomic E-state index is 11.5. The molecular formula is C16H20N2O3.